The van der Waals surface area contributed by atoms with Crippen LogP contribution in [0.5, 0.6) is 0 Å². The number of carbonyl (C=O) groups is 1. The highest BCUT2D eigenvalue weighted by molar-refractivity contribution is 7.71. The van der Waals surface area contributed by atoms with E-state index in [4.69, 9.17) is 18.0 Å². The van der Waals surface area contributed by atoms with Crippen molar-refractivity contribution in [3.05, 3.63) is 28.3 Å². The molecule has 4 nitrogen and oxygen atoms in total. The van der Waals surface area contributed by atoms with Gasteiger partial charge < -0.3 is 15.3 Å². The van der Waals surface area contributed by atoms with Crippen LogP contribution >= 0.6 is 12.2 Å². The van der Waals surface area contributed by atoms with Gasteiger partial charge in [-0.25, -0.2) is 4.39 Å². The highest BCUT2D eigenvalue weighted by Crippen LogP contribution is 2.19. The molecule has 0 aliphatic heterocycles. The molecule has 0 aliphatic carbocycles. The van der Waals surface area contributed by atoms with Crippen LogP contribution in [0.25, 0.3) is 11.0 Å². The van der Waals surface area contributed by atoms with Crippen molar-refractivity contribution in [2.24, 2.45) is 5.73 Å². The number of primary amides is 1. The first-order valence-electron chi connectivity index (χ1n) is 5.66. The van der Waals surface area contributed by atoms with Crippen molar-refractivity contribution in [1.82, 2.24) is 9.55 Å². The largest absolute Gasteiger partial charge is 0.370 e. The molecule has 0 radical (unpaired) electrons. The number of H-pyrrole nitrogens is 1. The van der Waals surface area contributed by atoms with Crippen molar-refractivity contribution in [2.45, 2.75) is 26.3 Å². The fourth-order valence-electron chi connectivity index (χ4n) is 1.92. The van der Waals surface area contributed by atoms with E-state index in [0.717, 1.165) is 5.52 Å². The van der Waals surface area contributed by atoms with Gasteiger partial charge in [0.25, 0.3) is 0 Å². The minimum absolute atomic E-state index is 0.261. The highest BCUT2D eigenvalue weighted by atomic mass is 32.1. The summed E-state index contributed by atoms with van der Waals surface area (Å²) in [6.45, 7) is 2.30. The maximum atomic E-state index is 13.4. The van der Waals surface area contributed by atoms with E-state index in [1.54, 1.807) is 13.0 Å². The number of aromatic nitrogens is 2. The Hall–Kier alpha value is -1.69. The molecule has 1 aromatic heterocycles. The van der Waals surface area contributed by atoms with Gasteiger partial charge in [0.2, 0.25) is 5.91 Å². The molecule has 2 aromatic rings. The molecule has 2 rings (SSSR count). The molecule has 0 atom stereocenters. The highest BCUT2D eigenvalue weighted by Gasteiger charge is 2.08. The molecule has 1 aromatic carbocycles. The van der Waals surface area contributed by atoms with E-state index >= 15 is 0 Å². The summed E-state index contributed by atoms with van der Waals surface area (Å²) >= 11 is 5.19. The number of hydrogen-bond donors (Lipinski definition) is 2. The van der Waals surface area contributed by atoms with Crippen LogP contribution in [0.4, 0.5) is 4.39 Å². The van der Waals surface area contributed by atoms with Crippen molar-refractivity contribution in [3.63, 3.8) is 0 Å². The van der Waals surface area contributed by atoms with Crippen LogP contribution in [0.15, 0.2) is 12.1 Å². The monoisotopic (exact) mass is 267 g/mol. The van der Waals surface area contributed by atoms with Crippen LogP contribution in [0.2, 0.25) is 0 Å². The van der Waals surface area contributed by atoms with Crippen LogP contribution in [-0.2, 0) is 11.3 Å². The van der Waals surface area contributed by atoms with Crippen LogP contribution in [0.3, 0.4) is 0 Å². The second-order valence-corrected chi connectivity index (χ2v) is 4.66. The third-order valence-electron chi connectivity index (χ3n) is 2.86. The smallest absolute Gasteiger partial charge is 0.217 e. The number of imidazole rings is 1. The molecule has 18 heavy (non-hydrogen) atoms. The summed E-state index contributed by atoms with van der Waals surface area (Å²) in [4.78, 5) is 13.7. The lowest BCUT2D eigenvalue weighted by Crippen LogP contribution is -2.11. The Morgan fingerprint density at radius 3 is 2.94 bits per heavy atom. The second-order valence-electron chi connectivity index (χ2n) is 4.27. The SMILES string of the molecule is Cc1cc2c(cc1F)[nH]c(=S)n2CCCC(N)=O. The van der Waals surface area contributed by atoms with Gasteiger partial charge in [-0.05, 0) is 43.3 Å². The predicted molar refractivity (Wildman–Crippen MR) is 70.2 cm³/mol. The van der Waals surface area contributed by atoms with E-state index in [9.17, 15) is 9.18 Å². The average molecular weight is 267 g/mol. The zero-order valence-corrected chi connectivity index (χ0v) is 10.8. The number of benzene rings is 1. The maximum Gasteiger partial charge on any atom is 0.217 e. The molecule has 6 heteroatoms. The zero-order chi connectivity index (χ0) is 13.3. The van der Waals surface area contributed by atoms with Crippen molar-refractivity contribution in [1.29, 1.82) is 0 Å². The Bertz CT molecular complexity index is 659. The summed E-state index contributed by atoms with van der Waals surface area (Å²) < 4.78 is 15.8. The Morgan fingerprint density at radius 2 is 2.28 bits per heavy atom. The Labute approximate surface area is 109 Å². The van der Waals surface area contributed by atoms with E-state index in [-0.39, 0.29) is 11.7 Å². The number of carbonyl (C=O) groups excluding carboxylic acids is 1. The fraction of sp³-hybridized carbons (Fsp3) is 0.333. The lowest BCUT2D eigenvalue weighted by atomic mass is 10.2. The number of amides is 1. The minimum atomic E-state index is -0.330. The van der Waals surface area contributed by atoms with Gasteiger partial charge in [0.15, 0.2) is 4.77 Å². The van der Waals surface area contributed by atoms with Crippen LogP contribution < -0.4 is 5.73 Å². The molecule has 0 bridgehead atoms. The number of nitrogens with one attached hydrogen (secondary N) is 1. The Balaban J connectivity index is 2.37. The van der Waals surface area contributed by atoms with Crippen LogP contribution in [0.1, 0.15) is 18.4 Å². The zero-order valence-electron chi connectivity index (χ0n) is 10.00. The van der Waals surface area contributed by atoms with Gasteiger partial charge >= 0.3 is 0 Å². The van der Waals surface area contributed by atoms with Gasteiger partial charge in [-0.2, -0.15) is 0 Å². The quantitative estimate of drug-likeness (QED) is 0.835. The van der Waals surface area contributed by atoms with Gasteiger partial charge in [0.1, 0.15) is 5.82 Å². The molecule has 96 valence electrons. The Kier molecular flexibility index (Phi) is 3.47. The van der Waals surface area contributed by atoms with Crippen LogP contribution in [-0.4, -0.2) is 15.5 Å². The van der Waals surface area contributed by atoms with E-state index in [1.165, 1.54) is 6.07 Å². The summed E-state index contributed by atoms with van der Waals surface area (Å²) in [7, 11) is 0. The van der Waals surface area contributed by atoms with Crippen molar-refractivity contribution in [2.75, 3.05) is 0 Å². The van der Waals surface area contributed by atoms with Gasteiger partial charge in [-0.15, -0.1) is 0 Å². The number of fused-ring (bicyclic) bond motifs is 1. The lowest BCUT2D eigenvalue weighted by molar-refractivity contribution is -0.118. The third kappa shape index (κ3) is 2.43. The molecule has 0 unspecified atom stereocenters. The fourth-order valence-corrected chi connectivity index (χ4v) is 2.21. The normalized spacial score (nSPS) is 11.0. The molecule has 1 amide bonds. The summed E-state index contributed by atoms with van der Waals surface area (Å²) in [6.07, 6.45) is 0.932. The molecular formula is C12H14FN3OS. The molecule has 0 spiro atoms. The summed E-state index contributed by atoms with van der Waals surface area (Å²) in [5.41, 5.74) is 7.18. The number of nitrogens with two attached hydrogens (primary N) is 1. The minimum Gasteiger partial charge on any atom is -0.370 e. The van der Waals surface area contributed by atoms with Gasteiger partial charge in [0, 0.05) is 13.0 Å². The predicted octanol–water partition coefficient (Wildman–Crippen LogP) is 2.41. The van der Waals surface area contributed by atoms with Gasteiger partial charge in [-0.1, -0.05) is 0 Å². The first-order chi connectivity index (χ1) is 8.49. The molecular weight excluding hydrogens is 253 g/mol. The average Bonchev–Trinajstić information content (AvgIpc) is 2.56. The number of aromatic amines is 1. The number of nitrogens with zero attached hydrogens (tertiary/aromatic N) is 1. The molecule has 3 N–H and O–H groups in total. The molecule has 0 aliphatic rings. The Morgan fingerprint density at radius 1 is 1.56 bits per heavy atom. The number of hydrogen-bond acceptors (Lipinski definition) is 2. The summed E-state index contributed by atoms with van der Waals surface area (Å²) in [6, 6.07) is 3.19. The summed E-state index contributed by atoms with van der Waals surface area (Å²) in [5.74, 6) is -0.591. The molecule has 0 saturated carbocycles. The van der Waals surface area contributed by atoms with E-state index in [0.29, 0.717) is 35.2 Å². The number of halogens is 1. The molecule has 0 saturated heterocycles. The van der Waals surface area contributed by atoms with E-state index < -0.39 is 0 Å². The first-order valence-corrected chi connectivity index (χ1v) is 6.07. The van der Waals surface area contributed by atoms with Crippen molar-refractivity contribution < 1.29 is 9.18 Å². The van der Waals surface area contributed by atoms with Crippen molar-refractivity contribution in [3.8, 4) is 0 Å². The standard InChI is InChI=1S/C12H14FN3OS/c1-7-5-10-9(6-8(7)13)15-12(18)16(10)4-2-3-11(14)17/h5-6H,2-4H2,1H3,(H2,14,17)(H,15,18). The number of aryl methyl sites for hydroxylation is 2. The second kappa shape index (κ2) is 4.89. The number of rotatable bonds is 4. The topological polar surface area (TPSA) is 63.8 Å². The van der Waals surface area contributed by atoms with E-state index in [2.05, 4.69) is 4.98 Å². The lowest BCUT2D eigenvalue weighted by Gasteiger charge is -2.04. The van der Waals surface area contributed by atoms with E-state index in [1.807, 2.05) is 4.57 Å². The third-order valence-corrected chi connectivity index (χ3v) is 3.18. The molecule has 1 heterocycles. The first kappa shape index (κ1) is 12.8. The van der Waals surface area contributed by atoms with Crippen molar-refractivity contribution >= 4 is 29.2 Å². The summed E-state index contributed by atoms with van der Waals surface area (Å²) in [5, 5.41) is 0. The molecule has 0 fully saturated rings. The van der Waals surface area contributed by atoms with Crippen LogP contribution in [0, 0.1) is 17.5 Å². The van der Waals surface area contributed by atoms with Gasteiger partial charge in [-0.3, -0.25) is 4.79 Å². The van der Waals surface area contributed by atoms with Gasteiger partial charge in [0.05, 0.1) is 11.0 Å². The maximum absolute atomic E-state index is 13.4.